The molecule has 2 N–H and O–H groups in total. The molecule has 2 aromatic carbocycles. The number of para-hydroxylation sites is 1. The number of methoxy groups -OCH3 is 1. The summed E-state index contributed by atoms with van der Waals surface area (Å²) in [7, 11) is 1.62. The van der Waals surface area contributed by atoms with Crippen molar-refractivity contribution in [3.8, 4) is 23.4 Å². The number of rotatable bonds is 3. The van der Waals surface area contributed by atoms with Crippen LogP contribution >= 0.6 is 0 Å². The predicted molar refractivity (Wildman–Crippen MR) is 101 cm³/mol. The molecule has 0 saturated heterocycles. The van der Waals surface area contributed by atoms with Crippen molar-refractivity contribution in [1.29, 1.82) is 5.26 Å². The molecule has 0 radical (unpaired) electrons. The number of benzene rings is 2. The Kier molecular flexibility index (Phi) is 4.05. The number of ether oxygens (including phenoxy) is 2. The molecule has 3 aromatic rings. The lowest BCUT2D eigenvalue weighted by Gasteiger charge is -2.25. The molecule has 1 atom stereocenters. The molecule has 0 amide bonds. The van der Waals surface area contributed by atoms with Gasteiger partial charge in [-0.25, -0.2) is 4.68 Å². The third-order valence-electron chi connectivity index (χ3n) is 4.68. The van der Waals surface area contributed by atoms with Crippen molar-refractivity contribution in [2.24, 2.45) is 5.73 Å². The molecule has 0 aliphatic carbocycles. The second kappa shape index (κ2) is 6.54. The lowest BCUT2D eigenvalue weighted by Crippen LogP contribution is -2.22. The summed E-state index contributed by atoms with van der Waals surface area (Å²) in [5.41, 5.74) is 9.91. The first-order valence-corrected chi connectivity index (χ1v) is 8.50. The van der Waals surface area contributed by atoms with Crippen LogP contribution in [-0.2, 0) is 0 Å². The number of hydrogen-bond acceptors (Lipinski definition) is 5. The van der Waals surface area contributed by atoms with E-state index in [-0.39, 0.29) is 11.8 Å². The average molecular weight is 358 g/mol. The molecule has 0 bridgehead atoms. The highest BCUT2D eigenvalue weighted by Crippen LogP contribution is 2.44. The molecule has 1 aromatic heterocycles. The standard InChI is InChI=1S/C21H18N4O2/c1-13-18-19(14-8-10-16(26-2)11-9-14)17(12-22)20(23)27-21(18)25(24-13)15-6-4-3-5-7-15/h3-11,19H,23H2,1-2H3/t19-/m1/s1. The fraction of sp³-hybridized carbons (Fsp3) is 0.143. The van der Waals surface area contributed by atoms with E-state index >= 15 is 0 Å². The first kappa shape index (κ1) is 16.7. The van der Waals surface area contributed by atoms with Crippen molar-refractivity contribution >= 4 is 0 Å². The summed E-state index contributed by atoms with van der Waals surface area (Å²) in [6, 6.07) is 19.5. The quantitative estimate of drug-likeness (QED) is 0.775. The monoisotopic (exact) mass is 358 g/mol. The maximum atomic E-state index is 9.71. The molecule has 0 spiro atoms. The summed E-state index contributed by atoms with van der Waals surface area (Å²) in [5.74, 6) is 1.04. The maximum Gasteiger partial charge on any atom is 0.229 e. The minimum absolute atomic E-state index is 0.0999. The number of allylic oxidation sites excluding steroid dienone is 1. The number of fused-ring (bicyclic) bond motifs is 1. The minimum atomic E-state index is -0.345. The molecule has 0 fully saturated rings. The molecule has 6 heteroatoms. The topological polar surface area (TPSA) is 86.1 Å². The molecule has 6 nitrogen and oxygen atoms in total. The van der Waals surface area contributed by atoms with Gasteiger partial charge >= 0.3 is 0 Å². The van der Waals surface area contributed by atoms with Crippen molar-refractivity contribution in [3.05, 3.63) is 82.9 Å². The van der Waals surface area contributed by atoms with Crippen LogP contribution < -0.4 is 15.2 Å². The number of nitrogens with zero attached hydrogens (tertiary/aromatic N) is 3. The highest BCUT2D eigenvalue weighted by molar-refractivity contribution is 5.57. The maximum absolute atomic E-state index is 9.71. The third-order valence-corrected chi connectivity index (χ3v) is 4.68. The van der Waals surface area contributed by atoms with Gasteiger partial charge in [0, 0.05) is 0 Å². The van der Waals surface area contributed by atoms with Gasteiger partial charge in [-0.1, -0.05) is 30.3 Å². The summed E-state index contributed by atoms with van der Waals surface area (Å²) in [6.07, 6.45) is 0. The molecular weight excluding hydrogens is 340 g/mol. The largest absolute Gasteiger partial charge is 0.497 e. The predicted octanol–water partition coefficient (Wildman–Crippen LogP) is 3.41. The van der Waals surface area contributed by atoms with Crippen LogP contribution in [-0.4, -0.2) is 16.9 Å². The summed E-state index contributed by atoms with van der Waals surface area (Å²) in [4.78, 5) is 0. The molecular formula is C21H18N4O2. The van der Waals surface area contributed by atoms with Crippen LogP contribution in [0.1, 0.15) is 22.7 Å². The van der Waals surface area contributed by atoms with E-state index in [0.717, 1.165) is 28.3 Å². The second-order valence-corrected chi connectivity index (χ2v) is 6.25. The fourth-order valence-electron chi connectivity index (χ4n) is 3.39. The molecule has 0 unspecified atom stereocenters. The van der Waals surface area contributed by atoms with Crippen LogP contribution in [0.3, 0.4) is 0 Å². The first-order chi connectivity index (χ1) is 13.1. The SMILES string of the molecule is COc1ccc([C@@H]2C(C#N)=C(N)Oc3c2c(C)nn3-c2ccccc2)cc1. The Labute approximate surface area is 157 Å². The number of aromatic nitrogens is 2. The van der Waals surface area contributed by atoms with Gasteiger partial charge in [-0.2, -0.15) is 10.4 Å². The highest BCUT2D eigenvalue weighted by atomic mass is 16.5. The molecule has 27 heavy (non-hydrogen) atoms. The zero-order valence-electron chi connectivity index (χ0n) is 15.0. The molecule has 134 valence electrons. The van der Waals surface area contributed by atoms with Crippen molar-refractivity contribution in [1.82, 2.24) is 9.78 Å². The Bertz CT molecular complexity index is 1060. The van der Waals surface area contributed by atoms with E-state index in [4.69, 9.17) is 15.2 Å². The molecule has 1 aliphatic heterocycles. The van der Waals surface area contributed by atoms with Crippen LogP contribution in [0, 0.1) is 18.3 Å². The molecule has 1 aliphatic rings. The summed E-state index contributed by atoms with van der Waals surface area (Å²) < 4.78 is 12.8. The minimum Gasteiger partial charge on any atom is -0.497 e. The third kappa shape index (κ3) is 2.70. The Hall–Kier alpha value is -3.72. The number of aryl methyl sites for hydroxylation is 1. The Morgan fingerprint density at radius 3 is 2.48 bits per heavy atom. The lowest BCUT2D eigenvalue weighted by molar-refractivity contribution is 0.367. The van der Waals surface area contributed by atoms with Crippen LogP contribution in [0.25, 0.3) is 5.69 Å². The van der Waals surface area contributed by atoms with E-state index in [1.807, 2.05) is 61.5 Å². The summed E-state index contributed by atoms with van der Waals surface area (Å²) in [5, 5.41) is 14.4. The number of hydrogen-bond donors (Lipinski definition) is 1. The zero-order valence-corrected chi connectivity index (χ0v) is 15.0. The first-order valence-electron chi connectivity index (χ1n) is 8.50. The van der Waals surface area contributed by atoms with E-state index in [1.165, 1.54) is 0 Å². The highest BCUT2D eigenvalue weighted by Gasteiger charge is 2.36. The van der Waals surface area contributed by atoms with Crippen LogP contribution in [0.4, 0.5) is 0 Å². The second-order valence-electron chi connectivity index (χ2n) is 6.25. The van der Waals surface area contributed by atoms with Crippen molar-refractivity contribution in [3.63, 3.8) is 0 Å². The lowest BCUT2D eigenvalue weighted by atomic mass is 9.84. The van der Waals surface area contributed by atoms with Crippen molar-refractivity contribution < 1.29 is 9.47 Å². The van der Waals surface area contributed by atoms with Crippen molar-refractivity contribution in [2.75, 3.05) is 7.11 Å². The van der Waals surface area contributed by atoms with Gasteiger partial charge in [-0.3, -0.25) is 0 Å². The van der Waals surface area contributed by atoms with Gasteiger partial charge in [0.2, 0.25) is 11.8 Å². The van der Waals surface area contributed by atoms with Crippen LogP contribution in [0.5, 0.6) is 11.6 Å². The van der Waals surface area contributed by atoms with E-state index in [1.54, 1.807) is 11.8 Å². The van der Waals surface area contributed by atoms with Gasteiger partial charge in [0.1, 0.15) is 17.4 Å². The van der Waals surface area contributed by atoms with E-state index in [2.05, 4.69) is 11.2 Å². The molecule has 4 rings (SSSR count). The molecule has 2 heterocycles. The van der Waals surface area contributed by atoms with Gasteiger partial charge in [-0.15, -0.1) is 0 Å². The van der Waals surface area contributed by atoms with Gasteiger partial charge in [0.25, 0.3) is 0 Å². The van der Waals surface area contributed by atoms with Gasteiger partial charge in [-0.05, 0) is 36.8 Å². The zero-order chi connectivity index (χ0) is 19.0. The summed E-state index contributed by atoms with van der Waals surface area (Å²) >= 11 is 0. The Balaban J connectivity index is 1.92. The average Bonchev–Trinajstić information content (AvgIpc) is 3.03. The van der Waals surface area contributed by atoms with E-state index in [0.29, 0.717) is 11.5 Å². The smallest absolute Gasteiger partial charge is 0.229 e. The normalized spacial score (nSPS) is 15.7. The van der Waals surface area contributed by atoms with Gasteiger partial charge in [0.15, 0.2) is 0 Å². The van der Waals surface area contributed by atoms with E-state index in [9.17, 15) is 5.26 Å². The fourth-order valence-corrected chi connectivity index (χ4v) is 3.39. The number of nitrogens with two attached hydrogens (primary N) is 1. The van der Waals surface area contributed by atoms with Gasteiger partial charge < -0.3 is 15.2 Å². The van der Waals surface area contributed by atoms with Crippen LogP contribution in [0.15, 0.2) is 66.1 Å². The Morgan fingerprint density at radius 1 is 1.15 bits per heavy atom. The Morgan fingerprint density at radius 2 is 1.85 bits per heavy atom. The van der Waals surface area contributed by atoms with Crippen molar-refractivity contribution in [2.45, 2.75) is 12.8 Å². The molecule has 0 saturated carbocycles. The number of nitriles is 1. The summed E-state index contributed by atoms with van der Waals surface area (Å²) in [6.45, 7) is 1.91. The van der Waals surface area contributed by atoms with Crippen LogP contribution in [0.2, 0.25) is 0 Å². The van der Waals surface area contributed by atoms with Gasteiger partial charge in [0.05, 0.1) is 30.0 Å². The van der Waals surface area contributed by atoms with E-state index < -0.39 is 0 Å².